The molecule has 0 aromatic heterocycles. The van der Waals surface area contributed by atoms with Gasteiger partial charge in [0, 0.05) is 0 Å². The van der Waals surface area contributed by atoms with Gasteiger partial charge in [-0.05, 0) is 18.4 Å². The van der Waals surface area contributed by atoms with Crippen molar-refractivity contribution in [1.29, 1.82) is 0 Å². The minimum absolute atomic E-state index is 0.0308. The Morgan fingerprint density at radius 2 is 2.50 bits per heavy atom. The number of carboxylic acid groups (broad SMARTS) is 1. The molecule has 1 radical (unpaired) electrons. The maximum absolute atomic E-state index is 10.5. The molecule has 0 fully saturated rings. The number of rotatable bonds is 7. The number of thioether (sulfide) groups is 1. The summed E-state index contributed by atoms with van der Waals surface area (Å²) < 4.78 is 4.72. The summed E-state index contributed by atoms with van der Waals surface area (Å²) in [5, 5.41) is 8.67. The molecule has 4 nitrogen and oxygen atoms in total. The summed E-state index contributed by atoms with van der Waals surface area (Å²) in [6, 6.07) is 0. The number of carbonyl (C=O) groups is 1. The van der Waals surface area contributed by atoms with E-state index in [9.17, 15) is 4.79 Å². The number of nitrogens with two attached hydrogens (primary N) is 1. The summed E-state index contributed by atoms with van der Waals surface area (Å²) in [6.45, 7) is 0.0308. The second-order valence-corrected chi connectivity index (χ2v) is 3.18. The van der Waals surface area contributed by atoms with Crippen LogP contribution in [0.4, 0.5) is 0 Å². The molecule has 0 rings (SSSR count). The molecule has 0 unspecified atom stereocenters. The molecule has 0 bridgehead atoms. The van der Waals surface area contributed by atoms with Crippen molar-refractivity contribution in [3.05, 3.63) is 0 Å². The van der Waals surface area contributed by atoms with Crippen molar-refractivity contribution < 1.29 is 14.6 Å². The largest absolute Gasteiger partial charge is 0.481 e. The Labute approximate surface area is 77.1 Å². The first-order chi connectivity index (χ1) is 5.72. The summed E-state index contributed by atoms with van der Waals surface area (Å²) in [5.41, 5.74) is 5.05. The third kappa shape index (κ3) is 5.45. The molecular weight excluding hydrogens is 177 g/mol. The Kier molecular flexibility index (Phi) is 7.33. The van der Waals surface area contributed by atoms with Crippen molar-refractivity contribution >= 4 is 25.2 Å². The Hall–Kier alpha value is -0.195. The van der Waals surface area contributed by atoms with E-state index in [0.717, 1.165) is 5.75 Å². The Morgan fingerprint density at radius 1 is 1.83 bits per heavy atom. The standard InChI is InChI=1S/C6H13BNO3S/c1-12-3-2-5(6(9)10)7-11-4-8/h5H,2-4,8H2,1H3,(H,9,10)/t5-/m1/s1. The number of aliphatic carboxylic acids is 1. The Morgan fingerprint density at radius 3 is 2.92 bits per heavy atom. The van der Waals surface area contributed by atoms with Gasteiger partial charge in [0.25, 0.3) is 0 Å². The van der Waals surface area contributed by atoms with E-state index in [1.54, 1.807) is 11.8 Å². The van der Waals surface area contributed by atoms with Crippen LogP contribution in [0.3, 0.4) is 0 Å². The molecule has 0 aliphatic rings. The monoisotopic (exact) mass is 190 g/mol. The van der Waals surface area contributed by atoms with Gasteiger partial charge in [-0.15, -0.1) is 0 Å². The molecule has 0 amide bonds. The fourth-order valence-corrected chi connectivity index (χ4v) is 1.16. The number of carboxylic acids is 1. The van der Waals surface area contributed by atoms with Crippen LogP contribution in [-0.2, 0) is 9.45 Å². The van der Waals surface area contributed by atoms with E-state index in [0.29, 0.717) is 6.42 Å². The van der Waals surface area contributed by atoms with Gasteiger partial charge in [-0.1, -0.05) is 0 Å². The van der Waals surface area contributed by atoms with Crippen molar-refractivity contribution in [3.63, 3.8) is 0 Å². The molecular formula is C6H13BNO3S. The predicted molar refractivity (Wildman–Crippen MR) is 50.3 cm³/mol. The lowest BCUT2D eigenvalue weighted by molar-refractivity contribution is -0.137. The van der Waals surface area contributed by atoms with E-state index in [1.807, 2.05) is 6.26 Å². The van der Waals surface area contributed by atoms with Gasteiger partial charge in [-0.25, -0.2) is 0 Å². The van der Waals surface area contributed by atoms with Crippen LogP contribution < -0.4 is 5.73 Å². The third-order valence-corrected chi connectivity index (χ3v) is 1.95. The summed E-state index contributed by atoms with van der Waals surface area (Å²) >= 11 is 1.61. The normalized spacial score (nSPS) is 12.5. The summed E-state index contributed by atoms with van der Waals surface area (Å²) in [4.78, 5) is 10.5. The van der Waals surface area contributed by atoms with E-state index in [1.165, 1.54) is 7.48 Å². The second-order valence-electron chi connectivity index (χ2n) is 2.20. The van der Waals surface area contributed by atoms with Gasteiger partial charge in [-0.2, -0.15) is 11.8 Å². The zero-order valence-corrected chi connectivity index (χ0v) is 7.84. The van der Waals surface area contributed by atoms with Crippen LogP contribution in [0.25, 0.3) is 0 Å². The Balaban J connectivity index is 3.62. The van der Waals surface area contributed by atoms with Gasteiger partial charge < -0.3 is 15.5 Å². The van der Waals surface area contributed by atoms with Crippen molar-refractivity contribution in [2.24, 2.45) is 5.73 Å². The zero-order chi connectivity index (χ0) is 9.40. The van der Waals surface area contributed by atoms with Crippen LogP contribution in [0.2, 0.25) is 5.82 Å². The van der Waals surface area contributed by atoms with E-state index >= 15 is 0 Å². The predicted octanol–water partition coefficient (Wildman–Crippen LogP) is 0.165. The summed E-state index contributed by atoms with van der Waals surface area (Å²) in [5.74, 6) is -0.597. The summed E-state index contributed by atoms with van der Waals surface area (Å²) in [6.07, 6.45) is 2.51. The van der Waals surface area contributed by atoms with Crippen LogP contribution in [0.15, 0.2) is 0 Å². The molecule has 0 aromatic rings. The first kappa shape index (κ1) is 11.8. The van der Waals surface area contributed by atoms with Crippen LogP contribution in [0, 0.1) is 0 Å². The molecule has 69 valence electrons. The quantitative estimate of drug-likeness (QED) is 0.442. The van der Waals surface area contributed by atoms with E-state index < -0.39 is 11.8 Å². The molecule has 1 atom stereocenters. The van der Waals surface area contributed by atoms with Gasteiger partial charge in [0.1, 0.15) is 0 Å². The summed E-state index contributed by atoms with van der Waals surface area (Å²) in [7, 11) is 1.29. The first-order valence-corrected chi connectivity index (χ1v) is 4.98. The fraction of sp³-hybridized carbons (Fsp3) is 0.833. The molecule has 12 heavy (non-hydrogen) atoms. The minimum atomic E-state index is -0.863. The highest BCUT2D eigenvalue weighted by molar-refractivity contribution is 7.98. The van der Waals surface area contributed by atoms with Crippen molar-refractivity contribution in [1.82, 2.24) is 0 Å². The molecule has 0 saturated carbocycles. The van der Waals surface area contributed by atoms with Gasteiger partial charge in [0.2, 0.25) is 0 Å². The van der Waals surface area contributed by atoms with Crippen LogP contribution in [0.1, 0.15) is 6.42 Å². The minimum Gasteiger partial charge on any atom is -0.481 e. The van der Waals surface area contributed by atoms with Gasteiger partial charge in [-0.3, -0.25) is 4.79 Å². The number of hydrogen-bond donors (Lipinski definition) is 2. The SMILES string of the molecule is CSCC[C@@H]([B]OCN)C(=O)O. The zero-order valence-electron chi connectivity index (χ0n) is 7.03. The smallest absolute Gasteiger partial charge is 0.309 e. The molecule has 3 N–H and O–H groups in total. The fourth-order valence-electron chi connectivity index (χ4n) is 0.666. The molecule has 0 saturated heterocycles. The highest BCUT2D eigenvalue weighted by Gasteiger charge is 2.18. The molecule has 0 aromatic carbocycles. The van der Waals surface area contributed by atoms with Gasteiger partial charge in [0.05, 0.1) is 12.5 Å². The van der Waals surface area contributed by atoms with Gasteiger partial charge >= 0.3 is 13.5 Å². The lowest BCUT2D eigenvalue weighted by Gasteiger charge is -2.08. The molecule has 0 heterocycles. The maximum Gasteiger partial charge on any atom is 0.309 e. The second kappa shape index (κ2) is 7.45. The Bertz CT molecular complexity index is 128. The lowest BCUT2D eigenvalue weighted by Crippen LogP contribution is -2.20. The molecule has 6 heteroatoms. The average Bonchev–Trinajstić information content (AvgIpc) is 2.04. The van der Waals surface area contributed by atoms with Crippen LogP contribution in [0.5, 0.6) is 0 Å². The number of hydrogen-bond acceptors (Lipinski definition) is 4. The maximum atomic E-state index is 10.5. The molecule has 0 aliphatic carbocycles. The van der Waals surface area contributed by atoms with Crippen molar-refractivity contribution in [2.75, 3.05) is 18.7 Å². The highest BCUT2D eigenvalue weighted by Crippen LogP contribution is 2.12. The first-order valence-electron chi connectivity index (χ1n) is 3.59. The van der Waals surface area contributed by atoms with E-state index in [2.05, 4.69) is 0 Å². The van der Waals surface area contributed by atoms with Crippen molar-refractivity contribution in [2.45, 2.75) is 12.2 Å². The molecule has 0 aliphatic heterocycles. The molecule has 0 spiro atoms. The average molecular weight is 190 g/mol. The highest BCUT2D eigenvalue weighted by atomic mass is 32.2. The topological polar surface area (TPSA) is 72.5 Å². The third-order valence-electron chi connectivity index (χ3n) is 1.31. The van der Waals surface area contributed by atoms with Gasteiger partial charge in [0.15, 0.2) is 0 Å². The van der Waals surface area contributed by atoms with Crippen LogP contribution in [-0.4, -0.2) is 37.3 Å². The van der Waals surface area contributed by atoms with E-state index in [-0.39, 0.29) is 6.73 Å². The lowest BCUT2D eigenvalue weighted by atomic mass is 9.78. The van der Waals surface area contributed by atoms with E-state index in [4.69, 9.17) is 15.5 Å². The van der Waals surface area contributed by atoms with Crippen LogP contribution >= 0.6 is 11.8 Å². The van der Waals surface area contributed by atoms with Crippen molar-refractivity contribution in [3.8, 4) is 0 Å².